The number of nitrogens with one attached hydrogen (secondary N) is 2. The SMILES string of the molecule is COCCCN(CC(=O)NCC(=O)Nc1ccc(OC)cc1)C(=O)c1ccc(Cl)cc1Cl. The second kappa shape index (κ2) is 12.9. The second-order valence-electron chi connectivity index (χ2n) is 6.75. The zero-order valence-electron chi connectivity index (χ0n) is 17.8. The Balaban J connectivity index is 1.94. The molecule has 172 valence electrons. The minimum atomic E-state index is -0.481. The van der Waals surface area contributed by atoms with Gasteiger partial charge < -0.3 is 25.0 Å². The van der Waals surface area contributed by atoms with E-state index >= 15 is 0 Å². The summed E-state index contributed by atoms with van der Waals surface area (Å²) in [5, 5.41) is 5.78. The molecule has 8 nitrogen and oxygen atoms in total. The van der Waals surface area contributed by atoms with Crippen LogP contribution in [0.2, 0.25) is 10.0 Å². The van der Waals surface area contributed by atoms with E-state index in [0.717, 1.165) is 0 Å². The van der Waals surface area contributed by atoms with Crippen LogP contribution in [0, 0.1) is 0 Å². The molecular weight excluding hydrogens is 457 g/mol. The average molecular weight is 482 g/mol. The van der Waals surface area contributed by atoms with Gasteiger partial charge in [-0.3, -0.25) is 14.4 Å². The Morgan fingerprint density at radius 3 is 2.34 bits per heavy atom. The van der Waals surface area contributed by atoms with Gasteiger partial charge >= 0.3 is 0 Å². The third-order valence-corrected chi connectivity index (χ3v) is 4.93. The fourth-order valence-electron chi connectivity index (χ4n) is 2.77. The van der Waals surface area contributed by atoms with E-state index < -0.39 is 17.7 Å². The van der Waals surface area contributed by atoms with Gasteiger partial charge in [-0.2, -0.15) is 0 Å². The molecule has 0 radical (unpaired) electrons. The smallest absolute Gasteiger partial charge is 0.255 e. The van der Waals surface area contributed by atoms with E-state index in [2.05, 4.69) is 10.6 Å². The Bertz CT molecular complexity index is 938. The molecule has 32 heavy (non-hydrogen) atoms. The average Bonchev–Trinajstić information content (AvgIpc) is 2.77. The van der Waals surface area contributed by atoms with Crippen molar-refractivity contribution < 1.29 is 23.9 Å². The predicted octanol–water partition coefficient (Wildman–Crippen LogP) is 3.24. The third kappa shape index (κ3) is 8.03. The number of hydrogen-bond donors (Lipinski definition) is 2. The van der Waals surface area contributed by atoms with E-state index in [0.29, 0.717) is 29.5 Å². The van der Waals surface area contributed by atoms with Crippen molar-refractivity contribution in [1.82, 2.24) is 10.2 Å². The number of halogens is 2. The summed E-state index contributed by atoms with van der Waals surface area (Å²) in [5.41, 5.74) is 0.803. The highest BCUT2D eigenvalue weighted by atomic mass is 35.5. The Morgan fingerprint density at radius 1 is 1.00 bits per heavy atom. The van der Waals surface area contributed by atoms with Gasteiger partial charge in [0.15, 0.2) is 0 Å². The van der Waals surface area contributed by atoms with Gasteiger partial charge in [-0.05, 0) is 48.9 Å². The van der Waals surface area contributed by atoms with Crippen LogP contribution in [0.3, 0.4) is 0 Å². The van der Waals surface area contributed by atoms with Gasteiger partial charge in [0, 0.05) is 31.0 Å². The molecule has 2 aromatic rings. The summed E-state index contributed by atoms with van der Waals surface area (Å²) in [6.45, 7) is 0.213. The molecule has 2 aromatic carbocycles. The number of amides is 3. The van der Waals surface area contributed by atoms with Gasteiger partial charge in [0.1, 0.15) is 5.75 Å². The molecule has 2 rings (SSSR count). The molecule has 0 saturated carbocycles. The van der Waals surface area contributed by atoms with Gasteiger partial charge in [0.25, 0.3) is 5.91 Å². The van der Waals surface area contributed by atoms with Crippen LogP contribution in [0.15, 0.2) is 42.5 Å². The molecule has 0 unspecified atom stereocenters. The van der Waals surface area contributed by atoms with Gasteiger partial charge in [0.05, 0.1) is 30.8 Å². The number of rotatable bonds is 11. The van der Waals surface area contributed by atoms with Gasteiger partial charge in [-0.1, -0.05) is 23.2 Å². The summed E-state index contributed by atoms with van der Waals surface area (Å²) < 4.78 is 10.1. The maximum Gasteiger partial charge on any atom is 0.255 e. The minimum absolute atomic E-state index is 0.193. The number of nitrogens with zero attached hydrogens (tertiary/aromatic N) is 1. The summed E-state index contributed by atoms with van der Waals surface area (Å²) in [6.07, 6.45) is 0.526. The van der Waals surface area contributed by atoms with E-state index in [1.807, 2.05) is 0 Å². The van der Waals surface area contributed by atoms with Crippen molar-refractivity contribution in [2.45, 2.75) is 6.42 Å². The normalized spacial score (nSPS) is 10.4. The van der Waals surface area contributed by atoms with E-state index in [1.54, 1.807) is 44.6 Å². The van der Waals surface area contributed by atoms with Crippen molar-refractivity contribution >= 4 is 46.6 Å². The molecule has 0 aliphatic heterocycles. The van der Waals surface area contributed by atoms with Crippen molar-refractivity contribution in [3.63, 3.8) is 0 Å². The van der Waals surface area contributed by atoms with Crippen LogP contribution in [-0.2, 0) is 14.3 Å². The minimum Gasteiger partial charge on any atom is -0.497 e. The lowest BCUT2D eigenvalue weighted by atomic mass is 10.2. The van der Waals surface area contributed by atoms with Crippen molar-refractivity contribution in [3.8, 4) is 5.75 Å². The van der Waals surface area contributed by atoms with E-state index in [4.69, 9.17) is 32.7 Å². The van der Waals surface area contributed by atoms with Crippen LogP contribution in [0.5, 0.6) is 5.75 Å². The zero-order chi connectivity index (χ0) is 23.5. The van der Waals surface area contributed by atoms with E-state index in [-0.39, 0.29) is 30.2 Å². The van der Waals surface area contributed by atoms with Crippen molar-refractivity contribution in [2.24, 2.45) is 0 Å². The second-order valence-corrected chi connectivity index (χ2v) is 7.59. The molecule has 0 aliphatic carbocycles. The topological polar surface area (TPSA) is 97.0 Å². The molecule has 0 atom stereocenters. The first kappa shape index (κ1) is 25.5. The molecule has 2 N–H and O–H groups in total. The highest BCUT2D eigenvalue weighted by Gasteiger charge is 2.21. The molecule has 0 bridgehead atoms. The maximum atomic E-state index is 12.9. The Hall–Kier alpha value is -2.81. The zero-order valence-corrected chi connectivity index (χ0v) is 19.3. The molecule has 0 heterocycles. The van der Waals surface area contributed by atoms with Crippen molar-refractivity contribution in [2.75, 3.05) is 45.8 Å². The first-order chi connectivity index (χ1) is 15.3. The number of benzene rings is 2. The number of methoxy groups -OCH3 is 2. The fourth-order valence-corrected chi connectivity index (χ4v) is 3.26. The van der Waals surface area contributed by atoms with Crippen molar-refractivity contribution in [3.05, 3.63) is 58.1 Å². The lowest BCUT2D eigenvalue weighted by Gasteiger charge is -2.22. The molecule has 3 amide bonds. The number of carbonyl (C=O) groups excluding carboxylic acids is 3. The summed E-state index contributed by atoms with van der Waals surface area (Å²) >= 11 is 12.0. The Morgan fingerprint density at radius 2 is 1.72 bits per heavy atom. The van der Waals surface area contributed by atoms with Crippen LogP contribution in [-0.4, -0.2) is 63.1 Å². The third-order valence-electron chi connectivity index (χ3n) is 4.38. The number of anilines is 1. The van der Waals surface area contributed by atoms with Crippen LogP contribution >= 0.6 is 23.2 Å². The quantitative estimate of drug-likeness (QED) is 0.480. The summed E-state index contributed by atoms with van der Waals surface area (Å²) in [4.78, 5) is 38.8. The summed E-state index contributed by atoms with van der Waals surface area (Å²) in [6, 6.07) is 11.3. The molecule has 10 heteroatoms. The number of hydrogen-bond acceptors (Lipinski definition) is 5. The summed E-state index contributed by atoms with van der Waals surface area (Å²) in [5.74, 6) is -0.636. The Labute approximate surface area is 196 Å². The maximum absolute atomic E-state index is 12.9. The van der Waals surface area contributed by atoms with Gasteiger partial charge in [0.2, 0.25) is 11.8 Å². The van der Waals surface area contributed by atoms with E-state index in [1.165, 1.54) is 17.0 Å². The lowest BCUT2D eigenvalue weighted by molar-refractivity contribution is -0.124. The predicted molar refractivity (Wildman–Crippen MR) is 123 cm³/mol. The number of carbonyl (C=O) groups is 3. The largest absolute Gasteiger partial charge is 0.497 e. The number of ether oxygens (including phenoxy) is 2. The van der Waals surface area contributed by atoms with Crippen LogP contribution in [0.25, 0.3) is 0 Å². The van der Waals surface area contributed by atoms with Crippen LogP contribution < -0.4 is 15.4 Å². The standard InChI is InChI=1S/C22H25Cl2N3O5/c1-31-11-3-10-27(22(30)18-9-4-15(23)12-19(18)24)14-21(29)25-13-20(28)26-16-5-7-17(32-2)8-6-16/h4-9,12H,3,10-11,13-14H2,1-2H3,(H,25,29)(H,26,28). The monoisotopic (exact) mass is 481 g/mol. The molecule has 0 aromatic heterocycles. The van der Waals surface area contributed by atoms with Gasteiger partial charge in [-0.15, -0.1) is 0 Å². The molecule has 0 spiro atoms. The molecule has 0 saturated heterocycles. The first-order valence-electron chi connectivity index (χ1n) is 9.78. The molecular formula is C22H25Cl2N3O5. The molecule has 0 aliphatic rings. The van der Waals surface area contributed by atoms with Gasteiger partial charge in [-0.25, -0.2) is 0 Å². The lowest BCUT2D eigenvalue weighted by Crippen LogP contribution is -2.43. The highest BCUT2D eigenvalue weighted by Crippen LogP contribution is 2.22. The fraction of sp³-hybridized carbons (Fsp3) is 0.318. The van der Waals surface area contributed by atoms with E-state index in [9.17, 15) is 14.4 Å². The van der Waals surface area contributed by atoms with Crippen LogP contribution in [0.1, 0.15) is 16.8 Å². The van der Waals surface area contributed by atoms with Crippen molar-refractivity contribution in [1.29, 1.82) is 0 Å². The highest BCUT2D eigenvalue weighted by molar-refractivity contribution is 6.36. The van der Waals surface area contributed by atoms with Crippen LogP contribution in [0.4, 0.5) is 5.69 Å². The molecule has 0 fully saturated rings. The Kier molecular flexibility index (Phi) is 10.3. The first-order valence-corrected chi connectivity index (χ1v) is 10.5. The summed E-state index contributed by atoms with van der Waals surface area (Å²) in [7, 11) is 3.10.